The highest BCUT2D eigenvalue weighted by Crippen LogP contribution is 2.23. The molecule has 1 amide bonds. The lowest BCUT2D eigenvalue weighted by atomic mass is 9.97. The van der Waals surface area contributed by atoms with Gasteiger partial charge in [-0.05, 0) is 40.2 Å². The van der Waals surface area contributed by atoms with Gasteiger partial charge >= 0.3 is 0 Å². The number of nitrogens with one attached hydrogen (secondary N) is 1. The Balaban J connectivity index is 2.03. The van der Waals surface area contributed by atoms with Gasteiger partial charge < -0.3 is 15.0 Å². The molecular weight excluding hydrogens is 204 g/mol. The third-order valence-electron chi connectivity index (χ3n) is 3.55. The van der Waals surface area contributed by atoms with Gasteiger partial charge in [0.1, 0.15) is 0 Å². The van der Waals surface area contributed by atoms with E-state index < -0.39 is 0 Å². The van der Waals surface area contributed by atoms with Crippen LogP contribution in [0.1, 0.15) is 33.6 Å². The maximum absolute atomic E-state index is 12.4. The first kappa shape index (κ1) is 11.9. The van der Waals surface area contributed by atoms with Crippen LogP contribution in [-0.2, 0) is 9.53 Å². The van der Waals surface area contributed by atoms with Crippen molar-refractivity contribution in [2.45, 2.75) is 51.4 Å². The fourth-order valence-electron chi connectivity index (χ4n) is 2.77. The number of carbonyl (C=O) groups excluding carboxylic acids is 1. The molecule has 4 nitrogen and oxygen atoms in total. The SMILES string of the molecule is CC1CN(C(=O)C2(C)CCCN2)CC(C)O1. The number of rotatable bonds is 1. The van der Waals surface area contributed by atoms with Crippen molar-refractivity contribution < 1.29 is 9.53 Å². The Labute approximate surface area is 97.3 Å². The number of hydrogen-bond acceptors (Lipinski definition) is 3. The molecule has 0 aromatic carbocycles. The Bertz CT molecular complexity index is 264. The minimum atomic E-state index is -0.337. The zero-order chi connectivity index (χ0) is 11.8. The second-order valence-corrected chi connectivity index (χ2v) is 5.33. The Morgan fingerprint density at radius 1 is 1.38 bits per heavy atom. The van der Waals surface area contributed by atoms with Crippen LogP contribution in [-0.4, -0.2) is 48.2 Å². The largest absolute Gasteiger partial charge is 0.372 e. The van der Waals surface area contributed by atoms with E-state index in [0.29, 0.717) is 0 Å². The van der Waals surface area contributed by atoms with E-state index in [1.165, 1.54) is 0 Å². The van der Waals surface area contributed by atoms with Gasteiger partial charge in [-0.25, -0.2) is 0 Å². The van der Waals surface area contributed by atoms with E-state index >= 15 is 0 Å². The summed E-state index contributed by atoms with van der Waals surface area (Å²) in [6.07, 6.45) is 2.35. The topological polar surface area (TPSA) is 41.6 Å². The van der Waals surface area contributed by atoms with Crippen LogP contribution in [0.2, 0.25) is 0 Å². The molecule has 2 aliphatic heterocycles. The van der Waals surface area contributed by atoms with E-state index in [-0.39, 0.29) is 23.7 Å². The molecule has 0 bridgehead atoms. The number of ether oxygens (including phenoxy) is 1. The summed E-state index contributed by atoms with van der Waals surface area (Å²) in [5.74, 6) is 0.243. The van der Waals surface area contributed by atoms with Gasteiger partial charge in [-0.3, -0.25) is 4.79 Å². The van der Waals surface area contributed by atoms with Crippen molar-refractivity contribution in [2.75, 3.05) is 19.6 Å². The lowest BCUT2D eigenvalue weighted by Crippen LogP contribution is -2.58. The molecule has 0 aromatic heterocycles. The fourth-order valence-corrected chi connectivity index (χ4v) is 2.77. The summed E-state index contributed by atoms with van der Waals surface area (Å²) in [5, 5.41) is 3.33. The zero-order valence-corrected chi connectivity index (χ0v) is 10.5. The Morgan fingerprint density at radius 2 is 2.00 bits per heavy atom. The summed E-state index contributed by atoms with van der Waals surface area (Å²) in [6, 6.07) is 0. The molecule has 2 aliphatic rings. The summed E-state index contributed by atoms with van der Waals surface area (Å²) in [5.41, 5.74) is -0.337. The molecule has 0 saturated carbocycles. The Morgan fingerprint density at radius 3 is 2.50 bits per heavy atom. The van der Waals surface area contributed by atoms with E-state index in [0.717, 1.165) is 32.5 Å². The minimum Gasteiger partial charge on any atom is -0.372 e. The predicted octanol–water partition coefficient (Wildman–Crippen LogP) is 0.764. The van der Waals surface area contributed by atoms with E-state index in [1.807, 2.05) is 25.7 Å². The summed E-state index contributed by atoms with van der Waals surface area (Å²) in [6.45, 7) is 8.48. The quantitative estimate of drug-likeness (QED) is 0.718. The third-order valence-corrected chi connectivity index (χ3v) is 3.55. The standard InChI is InChI=1S/C12H22N2O2/c1-9-7-14(8-10(2)16-9)11(15)12(3)5-4-6-13-12/h9-10,13H,4-8H2,1-3H3. The summed E-state index contributed by atoms with van der Waals surface area (Å²) in [7, 11) is 0. The van der Waals surface area contributed by atoms with E-state index in [9.17, 15) is 4.79 Å². The normalized spacial score (nSPS) is 40.1. The maximum Gasteiger partial charge on any atom is 0.242 e. The molecule has 4 heteroatoms. The monoisotopic (exact) mass is 226 g/mol. The fraction of sp³-hybridized carbons (Fsp3) is 0.917. The van der Waals surface area contributed by atoms with Crippen LogP contribution >= 0.6 is 0 Å². The van der Waals surface area contributed by atoms with Gasteiger partial charge in [0.25, 0.3) is 0 Å². The van der Waals surface area contributed by atoms with Crippen LogP contribution < -0.4 is 5.32 Å². The van der Waals surface area contributed by atoms with Crippen LogP contribution in [0.15, 0.2) is 0 Å². The van der Waals surface area contributed by atoms with Gasteiger partial charge in [0, 0.05) is 13.1 Å². The molecule has 0 aliphatic carbocycles. The van der Waals surface area contributed by atoms with E-state index in [2.05, 4.69) is 5.32 Å². The second-order valence-electron chi connectivity index (χ2n) is 5.33. The Hall–Kier alpha value is -0.610. The van der Waals surface area contributed by atoms with Crippen molar-refractivity contribution in [3.8, 4) is 0 Å². The molecule has 0 radical (unpaired) electrons. The third kappa shape index (κ3) is 2.23. The van der Waals surface area contributed by atoms with Gasteiger partial charge in [-0.1, -0.05) is 0 Å². The number of morpholine rings is 1. The number of hydrogen-bond donors (Lipinski definition) is 1. The molecule has 2 saturated heterocycles. The summed E-state index contributed by atoms with van der Waals surface area (Å²) < 4.78 is 5.65. The van der Waals surface area contributed by atoms with E-state index in [4.69, 9.17) is 4.74 Å². The Kier molecular flexibility index (Phi) is 3.22. The molecule has 2 heterocycles. The number of amides is 1. The smallest absolute Gasteiger partial charge is 0.242 e. The molecule has 16 heavy (non-hydrogen) atoms. The van der Waals surface area contributed by atoms with Crippen LogP contribution in [0.3, 0.4) is 0 Å². The van der Waals surface area contributed by atoms with Crippen LogP contribution in [0.25, 0.3) is 0 Å². The number of carbonyl (C=O) groups is 1. The molecule has 2 fully saturated rings. The van der Waals surface area contributed by atoms with Crippen molar-refractivity contribution in [3.63, 3.8) is 0 Å². The highest BCUT2D eigenvalue weighted by molar-refractivity contribution is 5.86. The van der Waals surface area contributed by atoms with E-state index in [1.54, 1.807) is 0 Å². The molecule has 1 N–H and O–H groups in total. The first-order valence-corrected chi connectivity index (χ1v) is 6.21. The minimum absolute atomic E-state index is 0.151. The summed E-state index contributed by atoms with van der Waals surface area (Å²) >= 11 is 0. The molecular formula is C12H22N2O2. The first-order valence-electron chi connectivity index (χ1n) is 6.21. The van der Waals surface area contributed by atoms with Gasteiger partial charge in [0.2, 0.25) is 5.91 Å². The van der Waals surface area contributed by atoms with Crippen molar-refractivity contribution >= 4 is 5.91 Å². The predicted molar refractivity (Wildman–Crippen MR) is 62.2 cm³/mol. The average Bonchev–Trinajstić information content (AvgIpc) is 2.64. The van der Waals surface area contributed by atoms with Crippen LogP contribution in [0.5, 0.6) is 0 Å². The van der Waals surface area contributed by atoms with Gasteiger partial charge in [-0.2, -0.15) is 0 Å². The molecule has 3 unspecified atom stereocenters. The molecule has 0 spiro atoms. The van der Waals surface area contributed by atoms with Crippen molar-refractivity contribution in [2.24, 2.45) is 0 Å². The van der Waals surface area contributed by atoms with Crippen molar-refractivity contribution in [1.82, 2.24) is 10.2 Å². The lowest BCUT2D eigenvalue weighted by molar-refractivity contribution is -0.149. The molecule has 2 rings (SSSR count). The first-order chi connectivity index (χ1) is 7.51. The lowest BCUT2D eigenvalue weighted by Gasteiger charge is -2.39. The average molecular weight is 226 g/mol. The summed E-state index contributed by atoms with van der Waals surface area (Å²) in [4.78, 5) is 14.4. The zero-order valence-electron chi connectivity index (χ0n) is 10.5. The molecule has 3 atom stereocenters. The highest BCUT2D eigenvalue weighted by Gasteiger charge is 2.40. The number of nitrogens with zero attached hydrogens (tertiary/aromatic N) is 1. The molecule has 0 aromatic rings. The maximum atomic E-state index is 12.4. The van der Waals surface area contributed by atoms with Gasteiger partial charge in [0.05, 0.1) is 17.7 Å². The van der Waals surface area contributed by atoms with Crippen molar-refractivity contribution in [1.29, 1.82) is 0 Å². The highest BCUT2D eigenvalue weighted by atomic mass is 16.5. The second kappa shape index (κ2) is 4.34. The van der Waals surface area contributed by atoms with Gasteiger partial charge in [0.15, 0.2) is 0 Å². The van der Waals surface area contributed by atoms with Crippen molar-refractivity contribution in [3.05, 3.63) is 0 Å². The van der Waals surface area contributed by atoms with Gasteiger partial charge in [-0.15, -0.1) is 0 Å². The molecule has 92 valence electrons. The van der Waals surface area contributed by atoms with Crippen LogP contribution in [0, 0.1) is 0 Å². The van der Waals surface area contributed by atoms with Crippen LogP contribution in [0.4, 0.5) is 0 Å².